The largest absolute Gasteiger partial charge is 0.458 e. The molecule has 0 radical (unpaired) electrons. The maximum Gasteiger partial charge on any atom is 0.169 e. The van der Waals surface area contributed by atoms with Gasteiger partial charge in [-0.1, -0.05) is 19.1 Å². The molecular formula is C14H15FO2. The van der Waals surface area contributed by atoms with E-state index in [1.807, 2.05) is 19.1 Å². The fourth-order valence-electron chi connectivity index (χ4n) is 2.78. The Labute approximate surface area is 99.1 Å². The summed E-state index contributed by atoms with van der Waals surface area (Å²) < 4.78 is 19.1. The van der Waals surface area contributed by atoms with Gasteiger partial charge in [0.25, 0.3) is 0 Å². The van der Waals surface area contributed by atoms with E-state index in [2.05, 4.69) is 0 Å². The first-order valence-corrected chi connectivity index (χ1v) is 6.03. The lowest BCUT2D eigenvalue weighted by molar-refractivity contribution is 0.134. The van der Waals surface area contributed by atoms with Crippen LogP contribution >= 0.6 is 0 Å². The number of rotatable bonds is 1. The van der Waals surface area contributed by atoms with Crippen LogP contribution in [0.25, 0.3) is 11.0 Å². The Bertz CT molecular complexity index is 546. The molecule has 0 spiro atoms. The normalized spacial score (nSPS) is 29.0. The van der Waals surface area contributed by atoms with Crippen LogP contribution in [0.2, 0.25) is 0 Å². The lowest BCUT2D eigenvalue weighted by Gasteiger charge is -2.14. The Morgan fingerprint density at radius 2 is 2.18 bits per heavy atom. The van der Waals surface area contributed by atoms with Gasteiger partial charge in [0.1, 0.15) is 5.76 Å². The van der Waals surface area contributed by atoms with Gasteiger partial charge in [-0.25, -0.2) is 4.39 Å². The van der Waals surface area contributed by atoms with Crippen molar-refractivity contribution >= 4 is 11.0 Å². The van der Waals surface area contributed by atoms with E-state index in [1.165, 1.54) is 6.07 Å². The molecule has 2 aromatic rings. The molecular weight excluding hydrogens is 219 g/mol. The fraction of sp³-hybridized carbons (Fsp3) is 0.429. The Morgan fingerprint density at radius 3 is 2.82 bits per heavy atom. The molecule has 17 heavy (non-hydrogen) atoms. The molecule has 1 aromatic heterocycles. The Morgan fingerprint density at radius 1 is 1.35 bits per heavy atom. The minimum Gasteiger partial charge on any atom is -0.458 e. The van der Waals surface area contributed by atoms with Gasteiger partial charge in [-0.2, -0.15) is 0 Å². The highest BCUT2D eigenvalue weighted by atomic mass is 19.1. The Hall–Kier alpha value is -1.35. The van der Waals surface area contributed by atoms with Crippen LogP contribution in [-0.2, 0) is 0 Å². The second kappa shape index (κ2) is 3.84. The number of hydrogen-bond acceptors (Lipinski definition) is 2. The zero-order chi connectivity index (χ0) is 12.0. The summed E-state index contributed by atoms with van der Waals surface area (Å²) in [6, 6.07) is 6.84. The van der Waals surface area contributed by atoms with Gasteiger partial charge in [0, 0.05) is 11.3 Å². The van der Waals surface area contributed by atoms with Crippen LogP contribution in [-0.4, -0.2) is 11.2 Å². The van der Waals surface area contributed by atoms with Crippen molar-refractivity contribution in [3.63, 3.8) is 0 Å². The molecule has 1 aliphatic carbocycles. The number of benzene rings is 1. The molecule has 3 atom stereocenters. The molecule has 3 heteroatoms. The number of aliphatic hydroxyl groups is 1. The van der Waals surface area contributed by atoms with E-state index >= 15 is 0 Å². The molecule has 1 fully saturated rings. The van der Waals surface area contributed by atoms with Crippen LogP contribution < -0.4 is 0 Å². The van der Waals surface area contributed by atoms with E-state index in [0.29, 0.717) is 5.58 Å². The molecule has 1 aromatic carbocycles. The van der Waals surface area contributed by atoms with Crippen molar-refractivity contribution in [2.45, 2.75) is 31.8 Å². The van der Waals surface area contributed by atoms with Crippen LogP contribution in [0.15, 0.2) is 28.7 Å². The predicted octanol–water partition coefficient (Wildman–Crippen LogP) is 3.45. The van der Waals surface area contributed by atoms with Crippen LogP contribution in [0.4, 0.5) is 4.39 Å². The van der Waals surface area contributed by atoms with Crippen molar-refractivity contribution in [2.24, 2.45) is 5.92 Å². The van der Waals surface area contributed by atoms with Gasteiger partial charge >= 0.3 is 0 Å². The maximum atomic E-state index is 13.5. The first-order valence-electron chi connectivity index (χ1n) is 6.03. The number of furan rings is 1. The fourth-order valence-corrected chi connectivity index (χ4v) is 2.78. The summed E-state index contributed by atoms with van der Waals surface area (Å²) in [4.78, 5) is 0. The second-order valence-electron chi connectivity index (χ2n) is 4.92. The summed E-state index contributed by atoms with van der Waals surface area (Å²) in [5, 5.41) is 10.5. The molecule has 90 valence electrons. The van der Waals surface area contributed by atoms with E-state index < -0.39 is 0 Å². The summed E-state index contributed by atoms with van der Waals surface area (Å²) in [5.41, 5.74) is 0.330. The van der Waals surface area contributed by atoms with E-state index in [4.69, 9.17) is 4.42 Å². The maximum absolute atomic E-state index is 13.5. The number of aliphatic hydroxyl groups excluding tert-OH is 1. The van der Waals surface area contributed by atoms with Gasteiger partial charge < -0.3 is 9.52 Å². The van der Waals surface area contributed by atoms with Gasteiger partial charge in [0.15, 0.2) is 11.4 Å². The average molecular weight is 234 g/mol. The van der Waals surface area contributed by atoms with Gasteiger partial charge in [0.2, 0.25) is 0 Å². The van der Waals surface area contributed by atoms with Crippen molar-refractivity contribution in [1.29, 1.82) is 0 Å². The molecule has 1 N–H and O–H groups in total. The molecule has 2 nitrogen and oxygen atoms in total. The van der Waals surface area contributed by atoms with Gasteiger partial charge in [0.05, 0.1) is 6.10 Å². The highest BCUT2D eigenvalue weighted by molar-refractivity contribution is 5.78. The molecule has 0 bridgehead atoms. The first-order chi connectivity index (χ1) is 8.16. The Balaban J connectivity index is 2.04. The van der Waals surface area contributed by atoms with Crippen molar-refractivity contribution in [3.8, 4) is 0 Å². The van der Waals surface area contributed by atoms with E-state index in [0.717, 1.165) is 24.0 Å². The third-order valence-corrected chi connectivity index (χ3v) is 3.90. The Kier molecular flexibility index (Phi) is 2.44. The molecule has 0 saturated heterocycles. The standard InChI is InChI=1S/C14H15FO2/c1-8-10(5-6-12(8)16)13-7-9-3-2-4-11(15)14(9)17-13/h2-4,7-8,10,12,16H,5-6H2,1H3. The van der Waals surface area contributed by atoms with Crippen molar-refractivity contribution in [1.82, 2.24) is 0 Å². The van der Waals surface area contributed by atoms with Gasteiger partial charge in [-0.15, -0.1) is 0 Å². The van der Waals surface area contributed by atoms with E-state index in [1.54, 1.807) is 6.07 Å². The van der Waals surface area contributed by atoms with Crippen LogP contribution in [0.3, 0.4) is 0 Å². The minimum atomic E-state index is -0.319. The summed E-state index contributed by atoms with van der Waals surface area (Å²) >= 11 is 0. The molecule has 0 aliphatic heterocycles. The lowest BCUT2D eigenvalue weighted by Crippen LogP contribution is -2.13. The zero-order valence-corrected chi connectivity index (χ0v) is 9.69. The van der Waals surface area contributed by atoms with E-state index in [-0.39, 0.29) is 23.8 Å². The molecule has 3 rings (SSSR count). The third-order valence-electron chi connectivity index (χ3n) is 3.90. The number of para-hydroxylation sites is 1. The van der Waals surface area contributed by atoms with Gasteiger partial charge in [-0.3, -0.25) is 0 Å². The number of halogens is 1. The molecule has 0 amide bonds. The number of hydrogen-bond donors (Lipinski definition) is 1. The highest BCUT2D eigenvalue weighted by Gasteiger charge is 2.34. The van der Waals surface area contributed by atoms with Crippen LogP contribution in [0.5, 0.6) is 0 Å². The van der Waals surface area contributed by atoms with Crippen LogP contribution in [0.1, 0.15) is 31.4 Å². The number of fused-ring (bicyclic) bond motifs is 1. The molecule has 1 saturated carbocycles. The van der Waals surface area contributed by atoms with Crippen molar-refractivity contribution < 1.29 is 13.9 Å². The van der Waals surface area contributed by atoms with Crippen molar-refractivity contribution in [2.75, 3.05) is 0 Å². The first kappa shape index (κ1) is 10.8. The zero-order valence-electron chi connectivity index (χ0n) is 9.69. The monoisotopic (exact) mass is 234 g/mol. The summed E-state index contributed by atoms with van der Waals surface area (Å²) in [7, 11) is 0. The third kappa shape index (κ3) is 1.65. The molecule has 1 heterocycles. The van der Waals surface area contributed by atoms with Crippen molar-refractivity contribution in [3.05, 3.63) is 35.8 Å². The second-order valence-corrected chi connectivity index (χ2v) is 4.92. The summed E-state index contributed by atoms with van der Waals surface area (Å²) in [6.45, 7) is 2.02. The van der Waals surface area contributed by atoms with E-state index in [9.17, 15) is 9.50 Å². The quantitative estimate of drug-likeness (QED) is 0.819. The highest BCUT2D eigenvalue weighted by Crippen LogP contribution is 2.41. The lowest BCUT2D eigenvalue weighted by atomic mass is 9.94. The predicted molar refractivity (Wildman–Crippen MR) is 63.3 cm³/mol. The average Bonchev–Trinajstić information content (AvgIpc) is 2.85. The minimum absolute atomic E-state index is 0.179. The SMILES string of the molecule is CC1C(O)CCC1c1cc2cccc(F)c2o1. The molecule has 1 aliphatic rings. The molecule has 3 unspecified atom stereocenters. The summed E-state index contributed by atoms with van der Waals surface area (Å²) in [5.74, 6) is 0.865. The van der Waals surface area contributed by atoms with Crippen LogP contribution in [0, 0.1) is 11.7 Å². The van der Waals surface area contributed by atoms with Gasteiger partial charge in [-0.05, 0) is 30.9 Å². The smallest absolute Gasteiger partial charge is 0.169 e. The topological polar surface area (TPSA) is 33.4 Å². The summed E-state index contributed by atoms with van der Waals surface area (Å²) in [6.07, 6.45) is 1.44.